The average molecular weight is 238 g/mol. The molecule has 0 aromatic rings. The monoisotopic (exact) mass is 238 g/mol. The standard InChI is InChI=1S/C15H30N2/c1-3-8-15(9-10-15)13-16-11-7-14-6-4-5-12-17(14)2/h14,16H,3-13H2,1-2H3. The second-order valence-electron chi connectivity index (χ2n) is 6.35. The molecule has 1 aliphatic carbocycles. The smallest absolute Gasteiger partial charge is 0.0104 e. The van der Waals surface area contributed by atoms with Crippen LogP contribution in [-0.2, 0) is 0 Å². The zero-order chi connectivity index (χ0) is 12.1. The van der Waals surface area contributed by atoms with Crippen LogP contribution in [-0.4, -0.2) is 37.6 Å². The number of likely N-dealkylation sites (tertiary alicyclic amines) is 1. The van der Waals surface area contributed by atoms with E-state index in [2.05, 4.69) is 24.2 Å². The number of piperidine rings is 1. The lowest BCUT2D eigenvalue weighted by Crippen LogP contribution is -2.38. The van der Waals surface area contributed by atoms with Gasteiger partial charge in [-0.3, -0.25) is 0 Å². The minimum Gasteiger partial charge on any atom is -0.316 e. The predicted molar refractivity (Wildman–Crippen MR) is 74.3 cm³/mol. The molecule has 2 heteroatoms. The van der Waals surface area contributed by atoms with Crippen LogP contribution < -0.4 is 5.32 Å². The van der Waals surface area contributed by atoms with E-state index in [-0.39, 0.29) is 0 Å². The molecule has 0 aromatic heterocycles. The van der Waals surface area contributed by atoms with Gasteiger partial charge in [-0.25, -0.2) is 0 Å². The zero-order valence-electron chi connectivity index (χ0n) is 11.8. The number of hydrogen-bond acceptors (Lipinski definition) is 2. The van der Waals surface area contributed by atoms with Crippen LogP contribution in [0.1, 0.15) is 58.3 Å². The van der Waals surface area contributed by atoms with Crippen molar-refractivity contribution in [2.75, 3.05) is 26.7 Å². The van der Waals surface area contributed by atoms with Crippen molar-refractivity contribution < 1.29 is 0 Å². The molecule has 0 aromatic carbocycles. The van der Waals surface area contributed by atoms with Gasteiger partial charge in [0.25, 0.3) is 0 Å². The highest BCUT2D eigenvalue weighted by Gasteiger charge is 2.40. The van der Waals surface area contributed by atoms with Crippen LogP contribution in [0.15, 0.2) is 0 Å². The third kappa shape index (κ3) is 3.96. The van der Waals surface area contributed by atoms with E-state index in [1.54, 1.807) is 0 Å². The number of nitrogens with one attached hydrogen (secondary N) is 1. The van der Waals surface area contributed by atoms with Crippen molar-refractivity contribution in [1.82, 2.24) is 10.2 Å². The lowest BCUT2D eigenvalue weighted by Gasteiger charge is -2.32. The molecule has 0 spiro atoms. The van der Waals surface area contributed by atoms with Crippen LogP contribution in [0, 0.1) is 5.41 Å². The fourth-order valence-electron chi connectivity index (χ4n) is 3.35. The molecule has 2 aliphatic rings. The average Bonchev–Trinajstić information content (AvgIpc) is 3.08. The maximum atomic E-state index is 3.71. The summed E-state index contributed by atoms with van der Waals surface area (Å²) in [5.74, 6) is 0. The van der Waals surface area contributed by atoms with Gasteiger partial charge in [-0.2, -0.15) is 0 Å². The number of nitrogens with zero attached hydrogens (tertiary/aromatic N) is 1. The summed E-state index contributed by atoms with van der Waals surface area (Å²) in [6.45, 7) is 6.12. The highest BCUT2D eigenvalue weighted by Crippen LogP contribution is 2.48. The fourth-order valence-corrected chi connectivity index (χ4v) is 3.35. The second-order valence-corrected chi connectivity index (χ2v) is 6.35. The van der Waals surface area contributed by atoms with Gasteiger partial charge in [0.15, 0.2) is 0 Å². The van der Waals surface area contributed by atoms with Gasteiger partial charge in [-0.1, -0.05) is 19.8 Å². The Morgan fingerprint density at radius 1 is 1.29 bits per heavy atom. The molecule has 100 valence electrons. The summed E-state index contributed by atoms with van der Waals surface area (Å²) in [6.07, 6.45) is 11.3. The minimum atomic E-state index is 0.715. The van der Waals surface area contributed by atoms with E-state index < -0.39 is 0 Å². The van der Waals surface area contributed by atoms with E-state index in [0.717, 1.165) is 6.04 Å². The molecule has 17 heavy (non-hydrogen) atoms. The molecule has 0 bridgehead atoms. The van der Waals surface area contributed by atoms with E-state index in [9.17, 15) is 0 Å². The molecule has 0 radical (unpaired) electrons. The molecule has 1 N–H and O–H groups in total. The number of hydrogen-bond donors (Lipinski definition) is 1. The maximum absolute atomic E-state index is 3.71. The Bertz CT molecular complexity index is 223. The second kappa shape index (κ2) is 6.19. The third-order valence-electron chi connectivity index (χ3n) is 4.81. The van der Waals surface area contributed by atoms with Gasteiger partial charge in [0, 0.05) is 12.6 Å². The summed E-state index contributed by atoms with van der Waals surface area (Å²) in [4.78, 5) is 2.56. The van der Waals surface area contributed by atoms with Crippen molar-refractivity contribution in [3.8, 4) is 0 Å². The maximum Gasteiger partial charge on any atom is 0.0104 e. The Kier molecular flexibility index (Phi) is 4.87. The third-order valence-corrected chi connectivity index (χ3v) is 4.81. The largest absolute Gasteiger partial charge is 0.316 e. The Morgan fingerprint density at radius 2 is 2.12 bits per heavy atom. The Morgan fingerprint density at radius 3 is 2.76 bits per heavy atom. The molecule has 0 amide bonds. The van der Waals surface area contributed by atoms with E-state index in [4.69, 9.17) is 0 Å². The molecule has 1 saturated carbocycles. The van der Waals surface area contributed by atoms with Crippen LogP contribution in [0.25, 0.3) is 0 Å². The van der Waals surface area contributed by atoms with Gasteiger partial charge in [0.05, 0.1) is 0 Å². The van der Waals surface area contributed by atoms with Crippen molar-refractivity contribution in [3.05, 3.63) is 0 Å². The van der Waals surface area contributed by atoms with E-state index >= 15 is 0 Å². The molecule has 1 aliphatic heterocycles. The highest BCUT2D eigenvalue weighted by molar-refractivity contribution is 4.94. The summed E-state index contributed by atoms with van der Waals surface area (Å²) < 4.78 is 0. The van der Waals surface area contributed by atoms with Crippen LogP contribution in [0.5, 0.6) is 0 Å². The van der Waals surface area contributed by atoms with Crippen LogP contribution >= 0.6 is 0 Å². The SMILES string of the molecule is CCCC1(CNCCC2CCCCN2C)CC1. The van der Waals surface area contributed by atoms with Crippen molar-refractivity contribution in [1.29, 1.82) is 0 Å². The molecule has 1 saturated heterocycles. The van der Waals surface area contributed by atoms with E-state index in [1.165, 1.54) is 71.0 Å². The van der Waals surface area contributed by atoms with Crippen molar-refractivity contribution in [3.63, 3.8) is 0 Å². The summed E-state index contributed by atoms with van der Waals surface area (Å²) in [7, 11) is 2.29. The molecule has 2 nitrogen and oxygen atoms in total. The normalized spacial score (nSPS) is 28.2. The van der Waals surface area contributed by atoms with Gasteiger partial charge in [0.2, 0.25) is 0 Å². The van der Waals surface area contributed by atoms with Crippen LogP contribution in [0.3, 0.4) is 0 Å². The fraction of sp³-hybridized carbons (Fsp3) is 1.00. The Hall–Kier alpha value is -0.0800. The lowest BCUT2D eigenvalue weighted by atomic mass is 9.99. The van der Waals surface area contributed by atoms with Crippen molar-refractivity contribution in [2.45, 2.75) is 64.3 Å². The predicted octanol–water partition coefficient (Wildman–Crippen LogP) is 3.03. The van der Waals surface area contributed by atoms with Gasteiger partial charge in [0.1, 0.15) is 0 Å². The zero-order valence-corrected chi connectivity index (χ0v) is 11.8. The lowest BCUT2D eigenvalue weighted by molar-refractivity contribution is 0.175. The molecular formula is C15H30N2. The van der Waals surface area contributed by atoms with Gasteiger partial charge < -0.3 is 10.2 Å². The van der Waals surface area contributed by atoms with Gasteiger partial charge in [-0.15, -0.1) is 0 Å². The Labute approximate surface area is 107 Å². The molecule has 2 rings (SSSR count). The first-order valence-corrected chi connectivity index (χ1v) is 7.67. The summed E-state index contributed by atoms with van der Waals surface area (Å²) >= 11 is 0. The first kappa shape index (κ1) is 13.4. The Balaban J connectivity index is 1.56. The van der Waals surface area contributed by atoms with Gasteiger partial charge >= 0.3 is 0 Å². The van der Waals surface area contributed by atoms with Crippen LogP contribution in [0.4, 0.5) is 0 Å². The summed E-state index contributed by atoms with van der Waals surface area (Å²) in [5.41, 5.74) is 0.715. The highest BCUT2D eigenvalue weighted by atomic mass is 15.1. The molecular weight excluding hydrogens is 208 g/mol. The first-order chi connectivity index (χ1) is 8.26. The minimum absolute atomic E-state index is 0.715. The van der Waals surface area contributed by atoms with Crippen molar-refractivity contribution in [2.24, 2.45) is 5.41 Å². The summed E-state index contributed by atoms with van der Waals surface area (Å²) in [5, 5.41) is 3.71. The molecule has 1 heterocycles. The van der Waals surface area contributed by atoms with E-state index in [1.807, 2.05) is 0 Å². The van der Waals surface area contributed by atoms with E-state index in [0.29, 0.717) is 5.41 Å². The number of rotatable bonds is 7. The quantitative estimate of drug-likeness (QED) is 0.686. The first-order valence-electron chi connectivity index (χ1n) is 7.67. The summed E-state index contributed by atoms with van der Waals surface area (Å²) in [6, 6.07) is 0.845. The van der Waals surface area contributed by atoms with Gasteiger partial charge in [-0.05, 0) is 64.1 Å². The topological polar surface area (TPSA) is 15.3 Å². The molecule has 1 unspecified atom stereocenters. The van der Waals surface area contributed by atoms with Crippen molar-refractivity contribution >= 4 is 0 Å². The molecule has 2 fully saturated rings. The molecule has 1 atom stereocenters. The van der Waals surface area contributed by atoms with Crippen LogP contribution in [0.2, 0.25) is 0 Å².